The average molecular weight is 333 g/mol. The van der Waals surface area contributed by atoms with Gasteiger partial charge in [-0.15, -0.1) is 10.2 Å². The van der Waals surface area contributed by atoms with E-state index in [0.717, 1.165) is 17.8 Å². The number of carbonyl (C=O) groups is 1. The molecule has 0 bridgehead atoms. The zero-order chi connectivity index (χ0) is 15.6. The minimum atomic E-state index is -3.67. The number of carbonyl (C=O) groups excluding carboxylic acids is 1. The first-order chi connectivity index (χ1) is 9.84. The van der Waals surface area contributed by atoms with Gasteiger partial charge in [0.2, 0.25) is 15.4 Å². The van der Waals surface area contributed by atoms with Crippen LogP contribution in [0.3, 0.4) is 0 Å². The van der Waals surface area contributed by atoms with Crippen LogP contribution in [0.25, 0.3) is 0 Å². The Kier molecular flexibility index (Phi) is 4.91. The number of hydrogen-bond acceptors (Lipinski definition) is 7. The van der Waals surface area contributed by atoms with Gasteiger partial charge in [-0.05, 0) is 12.3 Å². The van der Waals surface area contributed by atoms with Crippen LogP contribution in [-0.2, 0) is 14.8 Å². The standard InChI is InChI=1S/C11H19N5O3S2/c1-3-8-6-16(5-4-9(8)12)21(18,19)11-15-14-10(20-11)13-7(2)17/h8-9H,3-6,12H2,1-2H3,(H,13,14,17). The van der Waals surface area contributed by atoms with Crippen molar-refractivity contribution in [2.75, 3.05) is 18.4 Å². The van der Waals surface area contributed by atoms with E-state index in [-0.39, 0.29) is 27.3 Å². The summed E-state index contributed by atoms with van der Waals surface area (Å²) in [6, 6.07) is 0.0332. The molecule has 2 rings (SSSR count). The molecule has 1 aromatic rings. The molecular weight excluding hydrogens is 314 g/mol. The van der Waals surface area contributed by atoms with Crippen molar-refractivity contribution in [1.82, 2.24) is 14.5 Å². The third-order valence-corrected chi connectivity index (χ3v) is 6.58. The minimum Gasteiger partial charge on any atom is -0.327 e. The fraction of sp³-hybridized carbons (Fsp3) is 0.727. The van der Waals surface area contributed by atoms with Crippen LogP contribution in [0.15, 0.2) is 4.34 Å². The van der Waals surface area contributed by atoms with Gasteiger partial charge in [0.1, 0.15) is 0 Å². The predicted molar refractivity (Wildman–Crippen MR) is 79.3 cm³/mol. The first kappa shape index (κ1) is 16.3. The van der Waals surface area contributed by atoms with Crippen molar-refractivity contribution in [3.05, 3.63) is 0 Å². The number of piperidine rings is 1. The summed E-state index contributed by atoms with van der Waals surface area (Å²) in [5, 5.41) is 9.97. The average Bonchev–Trinajstić information content (AvgIpc) is 2.87. The van der Waals surface area contributed by atoms with E-state index in [4.69, 9.17) is 5.73 Å². The number of sulfonamides is 1. The summed E-state index contributed by atoms with van der Waals surface area (Å²) >= 11 is 0.856. The van der Waals surface area contributed by atoms with Crippen LogP contribution in [0.4, 0.5) is 5.13 Å². The fourth-order valence-electron chi connectivity index (χ4n) is 2.29. The molecule has 0 aromatic carbocycles. The zero-order valence-electron chi connectivity index (χ0n) is 11.9. The van der Waals surface area contributed by atoms with E-state index in [1.54, 1.807) is 0 Å². The van der Waals surface area contributed by atoms with E-state index < -0.39 is 10.0 Å². The maximum Gasteiger partial charge on any atom is 0.272 e. The van der Waals surface area contributed by atoms with Gasteiger partial charge >= 0.3 is 0 Å². The Balaban J connectivity index is 2.18. The van der Waals surface area contributed by atoms with Gasteiger partial charge in [0.05, 0.1) is 0 Å². The third-order valence-electron chi connectivity index (χ3n) is 3.53. The predicted octanol–water partition coefficient (Wildman–Crippen LogP) is 0.244. The largest absolute Gasteiger partial charge is 0.327 e. The number of anilines is 1. The van der Waals surface area contributed by atoms with E-state index in [2.05, 4.69) is 15.5 Å². The minimum absolute atomic E-state index is 0.0332. The number of nitrogens with one attached hydrogen (secondary N) is 1. The highest BCUT2D eigenvalue weighted by atomic mass is 32.2. The van der Waals surface area contributed by atoms with E-state index in [9.17, 15) is 13.2 Å². The Morgan fingerprint density at radius 3 is 2.86 bits per heavy atom. The topological polar surface area (TPSA) is 118 Å². The lowest BCUT2D eigenvalue weighted by Gasteiger charge is -2.34. The van der Waals surface area contributed by atoms with Gasteiger partial charge in [-0.25, -0.2) is 8.42 Å². The van der Waals surface area contributed by atoms with Crippen molar-refractivity contribution in [3.63, 3.8) is 0 Å². The second-order valence-electron chi connectivity index (χ2n) is 5.04. The number of nitrogens with zero attached hydrogens (tertiary/aromatic N) is 3. The van der Waals surface area contributed by atoms with Crippen LogP contribution in [0.2, 0.25) is 0 Å². The smallest absolute Gasteiger partial charge is 0.272 e. The van der Waals surface area contributed by atoms with Crippen LogP contribution in [0.1, 0.15) is 26.7 Å². The van der Waals surface area contributed by atoms with Crippen molar-refractivity contribution in [2.24, 2.45) is 11.7 Å². The SMILES string of the molecule is CCC1CN(S(=O)(=O)c2nnc(NC(C)=O)s2)CCC1N. The van der Waals surface area contributed by atoms with Crippen molar-refractivity contribution in [1.29, 1.82) is 0 Å². The molecule has 2 atom stereocenters. The molecule has 0 saturated carbocycles. The second-order valence-corrected chi connectivity index (χ2v) is 8.13. The van der Waals surface area contributed by atoms with Gasteiger partial charge in [0.15, 0.2) is 0 Å². The van der Waals surface area contributed by atoms with Gasteiger partial charge in [0.25, 0.3) is 10.0 Å². The lowest BCUT2D eigenvalue weighted by atomic mass is 9.92. The molecule has 3 N–H and O–H groups in total. The molecule has 1 aliphatic heterocycles. The summed E-state index contributed by atoms with van der Waals surface area (Å²) in [4.78, 5) is 10.9. The number of hydrogen-bond donors (Lipinski definition) is 2. The molecule has 1 amide bonds. The molecule has 1 aliphatic rings. The second kappa shape index (κ2) is 6.34. The van der Waals surface area contributed by atoms with Crippen LogP contribution < -0.4 is 11.1 Å². The fourth-order valence-corrected chi connectivity index (χ4v) is 4.89. The highest BCUT2D eigenvalue weighted by Crippen LogP contribution is 2.27. The van der Waals surface area contributed by atoms with Gasteiger partial charge in [-0.3, -0.25) is 4.79 Å². The summed E-state index contributed by atoms with van der Waals surface area (Å²) in [5.41, 5.74) is 6.00. The molecule has 118 valence electrons. The molecule has 21 heavy (non-hydrogen) atoms. The maximum absolute atomic E-state index is 12.5. The first-order valence-electron chi connectivity index (χ1n) is 6.71. The summed E-state index contributed by atoms with van der Waals surface area (Å²) < 4.78 is 26.4. The van der Waals surface area contributed by atoms with Gasteiger partial charge in [0, 0.05) is 26.1 Å². The van der Waals surface area contributed by atoms with Gasteiger partial charge in [-0.2, -0.15) is 4.31 Å². The van der Waals surface area contributed by atoms with E-state index in [1.807, 2.05) is 6.92 Å². The van der Waals surface area contributed by atoms with Gasteiger partial charge in [-0.1, -0.05) is 24.7 Å². The van der Waals surface area contributed by atoms with Crippen LogP contribution >= 0.6 is 11.3 Å². The highest BCUT2D eigenvalue weighted by Gasteiger charge is 2.35. The first-order valence-corrected chi connectivity index (χ1v) is 8.97. The Morgan fingerprint density at radius 1 is 1.52 bits per heavy atom. The van der Waals surface area contributed by atoms with Crippen molar-refractivity contribution in [3.8, 4) is 0 Å². The van der Waals surface area contributed by atoms with Crippen molar-refractivity contribution < 1.29 is 13.2 Å². The van der Waals surface area contributed by atoms with Gasteiger partial charge < -0.3 is 11.1 Å². The van der Waals surface area contributed by atoms with Crippen LogP contribution in [0, 0.1) is 5.92 Å². The lowest BCUT2D eigenvalue weighted by Crippen LogP contribution is -2.48. The summed E-state index contributed by atoms with van der Waals surface area (Å²) in [6.45, 7) is 4.11. The number of rotatable bonds is 4. The van der Waals surface area contributed by atoms with Crippen LogP contribution in [-0.4, -0.2) is 48.0 Å². The Bertz CT molecular complexity index is 615. The van der Waals surface area contributed by atoms with Crippen molar-refractivity contribution >= 4 is 32.4 Å². The summed E-state index contributed by atoms with van der Waals surface area (Å²) in [7, 11) is -3.67. The molecule has 2 unspecified atom stereocenters. The Labute approximate surface area is 127 Å². The molecule has 2 heterocycles. The molecular formula is C11H19N5O3S2. The summed E-state index contributed by atoms with van der Waals surface area (Å²) in [6.07, 6.45) is 1.47. The Morgan fingerprint density at radius 2 is 2.24 bits per heavy atom. The molecule has 10 heteroatoms. The van der Waals surface area contributed by atoms with E-state index in [1.165, 1.54) is 11.2 Å². The number of nitrogens with two attached hydrogens (primary N) is 1. The van der Waals surface area contributed by atoms with E-state index in [0.29, 0.717) is 19.5 Å². The normalized spacial score (nSPS) is 24.0. The molecule has 0 aliphatic carbocycles. The maximum atomic E-state index is 12.5. The Hall–Kier alpha value is -1.10. The number of aromatic nitrogens is 2. The van der Waals surface area contributed by atoms with Crippen LogP contribution in [0.5, 0.6) is 0 Å². The molecule has 0 radical (unpaired) electrons. The molecule has 1 saturated heterocycles. The molecule has 1 fully saturated rings. The lowest BCUT2D eigenvalue weighted by molar-refractivity contribution is -0.114. The molecule has 0 spiro atoms. The molecule has 8 nitrogen and oxygen atoms in total. The van der Waals surface area contributed by atoms with E-state index >= 15 is 0 Å². The molecule has 1 aromatic heterocycles. The van der Waals surface area contributed by atoms with Crippen molar-refractivity contribution in [2.45, 2.75) is 37.1 Å². The zero-order valence-corrected chi connectivity index (χ0v) is 13.6. The third kappa shape index (κ3) is 3.57. The monoisotopic (exact) mass is 333 g/mol. The summed E-state index contributed by atoms with van der Waals surface area (Å²) in [5.74, 6) is -0.165. The number of amides is 1. The highest BCUT2D eigenvalue weighted by molar-refractivity contribution is 7.91. The quantitative estimate of drug-likeness (QED) is 0.762.